The number of imide groups is 1. The Kier molecular flexibility index (Phi) is 3.90. The lowest BCUT2D eigenvalue weighted by molar-refractivity contribution is -0.140. The van der Waals surface area contributed by atoms with Crippen LogP contribution in [0.1, 0.15) is 19.3 Å². The van der Waals surface area contributed by atoms with Gasteiger partial charge in [-0.15, -0.1) is 0 Å². The number of fused-ring (bicyclic) bond motifs is 1. The maximum absolute atomic E-state index is 13.1. The average molecular weight is 342 g/mol. The first-order chi connectivity index (χ1) is 12.0. The average Bonchev–Trinajstić information content (AvgIpc) is 2.87. The summed E-state index contributed by atoms with van der Waals surface area (Å²) in [7, 11) is 0. The van der Waals surface area contributed by atoms with Crippen molar-refractivity contribution in [3.63, 3.8) is 0 Å². The summed E-state index contributed by atoms with van der Waals surface area (Å²) in [5, 5.41) is 2.59. The van der Waals surface area contributed by atoms with Crippen molar-refractivity contribution in [1.82, 2.24) is 4.90 Å². The predicted octanol–water partition coefficient (Wildman–Crippen LogP) is 2.35. The molecule has 4 atom stereocenters. The Hall–Kier alpha value is -2.50. The molecule has 3 amide bonds. The first-order valence-electron chi connectivity index (χ1n) is 8.63. The fraction of sp³-hybridized carbons (Fsp3) is 0.421. The lowest BCUT2D eigenvalue weighted by atomic mass is 9.63. The Morgan fingerprint density at radius 3 is 2.32 bits per heavy atom. The third kappa shape index (κ3) is 2.75. The maximum atomic E-state index is 13.1. The molecule has 1 aromatic rings. The molecule has 1 heterocycles. The molecule has 0 radical (unpaired) electrons. The van der Waals surface area contributed by atoms with Crippen LogP contribution in [0.3, 0.4) is 0 Å². The Morgan fingerprint density at radius 2 is 1.76 bits per heavy atom. The van der Waals surface area contributed by atoms with Gasteiger partial charge < -0.3 is 5.32 Å². The fourth-order valence-corrected chi connectivity index (χ4v) is 4.36. The number of halogens is 1. The Bertz CT molecular complexity index is 744. The second-order valence-electron chi connectivity index (χ2n) is 6.98. The number of amides is 3. The van der Waals surface area contributed by atoms with Crippen molar-refractivity contribution in [3.8, 4) is 0 Å². The number of anilines is 1. The molecule has 3 aliphatic carbocycles. The molecule has 1 saturated carbocycles. The molecule has 5 nitrogen and oxygen atoms in total. The van der Waals surface area contributed by atoms with E-state index in [1.807, 2.05) is 0 Å². The molecule has 25 heavy (non-hydrogen) atoms. The highest BCUT2D eigenvalue weighted by atomic mass is 19.1. The SMILES string of the molecule is O=C(CCN1C(=O)[C@H]2[C@H](C1=O)[C@H]1C=C[C@H]2CC1)Nc1cccc(F)c1. The van der Waals surface area contributed by atoms with Gasteiger partial charge in [-0.25, -0.2) is 4.39 Å². The summed E-state index contributed by atoms with van der Waals surface area (Å²) < 4.78 is 13.1. The van der Waals surface area contributed by atoms with Crippen molar-refractivity contribution < 1.29 is 18.8 Å². The van der Waals surface area contributed by atoms with Gasteiger partial charge in [-0.1, -0.05) is 18.2 Å². The van der Waals surface area contributed by atoms with Crippen molar-refractivity contribution in [3.05, 3.63) is 42.2 Å². The summed E-state index contributed by atoms with van der Waals surface area (Å²) in [5.74, 6) is -1.27. The molecule has 0 spiro atoms. The smallest absolute Gasteiger partial charge is 0.233 e. The largest absolute Gasteiger partial charge is 0.326 e. The van der Waals surface area contributed by atoms with E-state index >= 15 is 0 Å². The standard InChI is InChI=1S/C19H19FN2O3/c20-13-2-1-3-14(10-13)21-15(23)8-9-22-18(24)16-11-4-5-12(7-6-11)17(16)19(22)25/h1-5,10-12,16-17H,6-9H2,(H,21,23)/t11-,12-,16+,17+/m0/s1. The second-order valence-corrected chi connectivity index (χ2v) is 6.98. The number of carbonyl (C=O) groups excluding carboxylic acids is 3. The van der Waals surface area contributed by atoms with Gasteiger partial charge in [0.25, 0.3) is 0 Å². The lowest BCUT2D eigenvalue weighted by Crippen LogP contribution is -2.38. The lowest BCUT2D eigenvalue weighted by Gasteiger charge is -2.38. The van der Waals surface area contributed by atoms with Crippen LogP contribution in [0.15, 0.2) is 36.4 Å². The number of likely N-dealkylation sites (tertiary alicyclic amines) is 1. The molecule has 2 bridgehead atoms. The van der Waals surface area contributed by atoms with Gasteiger partial charge in [-0.05, 0) is 42.9 Å². The van der Waals surface area contributed by atoms with Crippen molar-refractivity contribution in [2.75, 3.05) is 11.9 Å². The van der Waals surface area contributed by atoms with E-state index in [1.165, 1.54) is 23.1 Å². The highest BCUT2D eigenvalue weighted by Gasteiger charge is 2.56. The minimum Gasteiger partial charge on any atom is -0.326 e. The van der Waals surface area contributed by atoms with E-state index in [4.69, 9.17) is 0 Å². The van der Waals surface area contributed by atoms with Crippen LogP contribution < -0.4 is 5.32 Å². The zero-order valence-corrected chi connectivity index (χ0v) is 13.7. The molecule has 4 aliphatic rings. The van der Waals surface area contributed by atoms with Crippen LogP contribution in [-0.4, -0.2) is 29.2 Å². The zero-order valence-electron chi connectivity index (χ0n) is 13.7. The number of hydrogen-bond acceptors (Lipinski definition) is 3. The number of hydrogen-bond donors (Lipinski definition) is 1. The van der Waals surface area contributed by atoms with E-state index in [1.54, 1.807) is 6.07 Å². The van der Waals surface area contributed by atoms with Gasteiger partial charge in [0.1, 0.15) is 5.82 Å². The molecule has 1 aromatic carbocycles. The van der Waals surface area contributed by atoms with Crippen LogP contribution in [0.5, 0.6) is 0 Å². The van der Waals surface area contributed by atoms with Gasteiger partial charge in [-0.2, -0.15) is 0 Å². The highest BCUT2D eigenvalue weighted by molar-refractivity contribution is 6.06. The number of nitrogens with zero attached hydrogens (tertiary/aromatic N) is 1. The van der Waals surface area contributed by atoms with Gasteiger partial charge in [0.2, 0.25) is 17.7 Å². The van der Waals surface area contributed by atoms with Gasteiger partial charge in [0.05, 0.1) is 11.8 Å². The van der Waals surface area contributed by atoms with Crippen molar-refractivity contribution in [1.29, 1.82) is 0 Å². The second kappa shape index (κ2) is 6.10. The van der Waals surface area contributed by atoms with Crippen LogP contribution >= 0.6 is 0 Å². The van der Waals surface area contributed by atoms with Gasteiger partial charge in [0.15, 0.2) is 0 Å². The summed E-state index contributed by atoms with van der Waals surface area (Å²) in [5.41, 5.74) is 0.361. The van der Waals surface area contributed by atoms with Crippen LogP contribution in [0.4, 0.5) is 10.1 Å². The molecule has 2 fully saturated rings. The third-order valence-electron chi connectivity index (χ3n) is 5.52. The summed E-state index contributed by atoms with van der Waals surface area (Å²) in [6, 6.07) is 5.61. The van der Waals surface area contributed by atoms with Crippen LogP contribution in [-0.2, 0) is 14.4 Å². The summed E-state index contributed by atoms with van der Waals surface area (Å²) in [6.07, 6.45) is 6.06. The molecule has 6 heteroatoms. The Morgan fingerprint density at radius 1 is 1.12 bits per heavy atom. The highest BCUT2D eigenvalue weighted by Crippen LogP contribution is 2.49. The van der Waals surface area contributed by atoms with E-state index in [2.05, 4.69) is 17.5 Å². The van der Waals surface area contributed by atoms with E-state index in [0.717, 1.165) is 12.8 Å². The minimum atomic E-state index is -0.435. The number of rotatable bonds is 4. The summed E-state index contributed by atoms with van der Waals surface area (Å²) >= 11 is 0. The summed E-state index contributed by atoms with van der Waals surface area (Å²) in [4.78, 5) is 38.6. The molecular weight excluding hydrogens is 323 g/mol. The molecule has 0 aromatic heterocycles. The number of nitrogens with one attached hydrogen (secondary N) is 1. The molecule has 0 unspecified atom stereocenters. The van der Waals surface area contributed by atoms with Gasteiger partial charge in [0, 0.05) is 18.7 Å². The zero-order chi connectivity index (χ0) is 17.6. The Balaban J connectivity index is 1.39. The predicted molar refractivity (Wildman–Crippen MR) is 88.7 cm³/mol. The quantitative estimate of drug-likeness (QED) is 0.675. The van der Waals surface area contributed by atoms with E-state index in [0.29, 0.717) is 5.69 Å². The van der Waals surface area contributed by atoms with Crippen molar-refractivity contribution in [2.45, 2.75) is 19.3 Å². The molecule has 1 N–H and O–H groups in total. The van der Waals surface area contributed by atoms with Gasteiger partial charge >= 0.3 is 0 Å². The maximum Gasteiger partial charge on any atom is 0.233 e. The summed E-state index contributed by atoms with van der Waals surface area (Å²) in [6.45, 7) is 0.0747. The van der Waals surface area contributed by atoms with Crippen molar-refractivity contribution in [2.24, 2.45) is 23.7 Å². The fourth-order valence-electron chi connectivity index (χ4n) is 4.36. The molecule has 1 aliphatic heterocycles. The Labute approximate surface area is 144 Å². The van der Waals surface area contributed by atoms with Crippen LogP contribution in [0, 0.1) is 29.5 Å². The number of benzene rings is 1. The van der Waals surface area contributed by atoms with Gasteiger partial charge in [-0.3, -0.25) is 19.3 Å². The monoisotopic (exact) mass is 342 g/mol. The minimum absolute atomic E-state index is 0.0101. The molecule has 1 saturated heterocycles. The molecule has 130 valence electrons. The van der Waals surface area contributed by atoms with Crippen molar-refractivity contribution >= 4 is 23.4 Å². The third-order valence-corrected chi connectivity index (χ3v) is 5.52. The van der Waals surface area contributed by atoms with Crippen LogP contribution in [0.2, 0.25) is 0 Å². The first kappa shape index (κ1) is 16.0. The number of carbonyl (C=O) groups is 3. The van der Waals surface area contributed by atoms with E-state index < -0.39 is 5.82 Å². The first-order valence-corrected chi connectivity index (χ1v) is 8.63. The topological polar surface area (TPSA) is 66.5 Å². The van der Waals surface area contributed by atoms with Crippen LogP contribution in [0.25, 0.3) is 0 Å². The van der Waals surface area contributed by atoms with E-state index in [-0.39, 0.29) is 54.4 Å². The molecular formula is C19H19FN2O3. The molecule has 5 rings (SSSR count). The number of allylic oxidation sites excluding steroid dienone is 2. The van der Waals surface area contributed by atoms with E-state index in [9.17, 15) is 18.8 Å². The normalized spacial score (nSPS) is 29.9.